The lowest BCUT2D eigenvalue weighted by atomic mass is 9.49. The van der Waals surface area contributed by atoms with Crippen LogP contribution >= 0.6 is 0 Å². The van der Waals surface area contributed by atoms with Gasteiger partial charge in [0, 0.05) is 0 Å². The Balaban J connectivity index is 1.71. The lowest BCUT2D eigenvalue weighted by Gasteiger charge is -2.56. The zero-order valence-corrected chi connectivity index (χ0v) is 12.9. The average molecular weight is 258 g/mol. The third kappa shape index (κ3) is 1.64. The zero-order valence-electron chi connectivity index (χ0n) is 12.9. The van der Waals surface area contributed by atoms with E-state index in [2.05, 4.69) is 19.9 Å². The molecule has 5 atom stereocenters. The normalized spacial score (nSPS) is 52.9. The largest absolute Gasteiger partial charge is 0.0844 e. The van der Waals surface area contributed by atoms with E-state index in [1.54, 1.807) is 0 Å². The Hall–Kier alpha value is -0.260. The number of fused-ring (bicyclic) bond motifs is 5. The highest BCUT2D eigenvalue weighted by Gasteiger charge is 2.53. The van der Waals surface area contributed by atoms with E-state index >= 15 is 0 Å². The minimum absolute atomic E-state index is 0.673. The van der Waals surface area contributed by atoms with E-state index < -0.39 is 0 Å². The molecule has 0 N–H and O–H groups in total. The molecular formula is C19H30. The average Bonchev–Trinajstić information content (AvgIpc) is 2.79. The lowest BCUT2D eigenvalue weighted by molar-refractivity contribution is 0.00875. The molecule has 0 aromatic carbocycles. The molecule has 4 aliphatic rings. The van der Waals surface area contributed by atoms with Crippen molar-refractivity contribution in [2.45, 2.75) is 78.1 Å². The van der Waals surface area contributed by atoms with E-state index in [0.29, 0.717) is 10.8 Å². The summed E-state index contributed by atoms with van der Waals surface area (Å²) in [5, 5.41) is 0. The summed E-state index contributed by atoms with van der Waals surface area (Å²) in [4.78, 5) is 0. The maximum atomic E-state index is 2.73. The number of allylic oxidation sites excluding steroid dienone is 2. The predicted molar refractivity (Wildman–Crippen MR) is 80.9 cm³/mol. The molecule has 0 nitrogen and oxygen atoms in total. The molecule has 19 heavy (non-hydrogen) atoms. The summed E-state index contributed by atoms with van der Waals surface area (Å²) in [5.74, 6) is 2.94. The Kier molecular flexibility index (Phi) is 2.71. The van der Waals surface area contributed by atoms with Crippen molar-refractivity contribution in [1.82, 2.24) is 0 Å². The van der Waals surface area contributed by atoms with E-state index in [4.69, 9.17) is 0 Å². The Morgan fingerprint density at radius 1 is 0.895 bits per heavy atom. The standard InChI is InChI=1S/C19H30/c1-18-11-5-7-16(18)15-9-8-14-6-3-4-12-19(14,2)17(15)10-13-18/h9,14,16-17H,3-8,10-13H2,1-2H3/t14?,16-,17-,18-,19-/m0/s1. The first-order valence-corrected chi connectivity index (χ1v) is 8.83. The Morgan fingerprint density at radius 3 is 2.68 bits per heavy atom. The van der Waals surface area contributed by atoms with Gasteiger partial charge in [-0.25, -0.2) is 0 Å². The second kappa shape index (κ2) is 4.12. The second-order valence-corrected chi connectivity index (χ2v) is 8.58. The molecule has 106 valence electrons. The summed E-state index contributed by atoms with van der Waals surface area (Å²) >= 11 is 0. The molecule has 0 saturated heterocycles. The van der Waals surface area contributed by atoms with Crippen LogP contribution in [0.25, 0.3) is 0 Å². The number of hydrogen-bond donors (Lipinski definition) is 0. The smallest absolute Gasteiger partial charge is 0.0143 e. The Morgan fingerprint density at radius 2 is 1.79 bits per heavy atom. The van der Waals surface area contributed by atoms with Gasteiger partial charge in [0.1, 0.15) is 0 Å². The van der Waals surface area contributed by atoms with E-state index in [1.165, 1.54) is 64.2 Å². The quantitative estimate of drug-likeness (QED) is 0.487. The summed E-state index contributed by atoms with van der Waals surface area (Å²) in [6.45, 7) is 5.25. The molecule has 0 aromatic heterocycles. The molecule has 0 aromatic rings. The highest BCUT2D eigenvalue weighted by molar-refractivity contribution is 5.26. The molecule has 3 fully saturated rings. The van der Waals surface area contributed by atoms with Crippen molar-refractivity contribution < 1.29 is 0 Å². The van der Waals surface area contributed by atoms with Crippen LogP contribution in [-0.4, -0.2) is 0 Å². The maximum Gasteiger partial charge on any atom is -0.0143 e. The van der Waals surface area contributed by atoms with Gasteiger partial charge in [0.15, 0.2) is 0 Å². The van der Waals surface area contributed by atoms with E-state index in [1.807, 2.05) is 5.57 Å². The monoisotopic (exact) mass is 258 g/mol. The molecule has 4 aliphatic carbocycles. The van der Waals surface area contributed by atoms with Crippen molar-refractivity contribution in [2.24, 2.45) is 28.6 Å². The molecule has 4 rings (SSSR count). The molecule has 0 heterocycles. The van der Waals surface area contributed by atoms with Crippen molar-refractivity contribution >= 4 is 0 Å². The van der Waals surface area contributed by atoms with Crippen LogP contribution in [0.3, 0.4) is 0 Å². The van der Waals surface area contributed by atoms with Crippen molar-refractivity contribution in [1.29, 1.82) is 0 Å². The van der Waals surface area contributed by atoms with Crippen LogP contribution in [0.5, 0.6) is 0 Å². The van der Waals surface area contributed by atoms with Gasteiger partial charge in [-0.15, -0.1) is 0 Å². The summed E-state index contributed by atoms with van der Waals surface area (Å²) < 4.78 is 0. The Labute approximate surface area is 119 Å². The lowest BCUT2D eigenvalue weighted by Crippen LogP contribution is -2.46. The van der Waals surface area contributed by atoms with Crippen LogP contribution in [-0.2, 0) is 0 Å². The van der Waals surface area contributed by atoms with Crippen LogP contribution in [0.15, 0.2) is 11.6 Å². The maximum absolute atomic E-state index is 2.73. The molecule has 0 aliphatic heterocycles. The van der Waals surface area contributed by atoms with Gasteiger partial charge in [-0.05, 0) is 73.5 Å². The van der Waals surface area contributed by atoms with Gasteiger partial charge in [-0.2, -0.15) is 0 Å². The van der Waals surface area contributed by atoms with Gasteiger partial charge in [0.25, 0.3) is 0 Å². The van der Waals surface area contributed by atoms with E-state index in [9.17, 15) is 0 Å². The van der Waals surface area contributed by atoms with Crippen LogP contribution in [0.2, 0.25) is 0 Å². The van der Waals surface area contributed by atoms with Crippen LogP contribution in [0, 0.1) is 28.6 Å². The van der Waals surface area contributed by atoms with Crippen molar-refractivity contribution in [3.05, 3.63) is 11.6 Å². The van der Waals surface area contributed by atoms with Gasteiger partial charge in [-0.1, -0.05) is 44.8 Å². The molecule has 3 saturated carbocycles. The minimum atomic E-state index is 0.673. The van der Waals surface area contributed by atoms with Crippen molar-refractivity contribution in [3.8, 4) is 0 Å². The fraction of sp³-hybridized carbons (Fsp3) is 0.895. The van der Waals surface area contributed by atoms with E-state index in [-0.39, 0.29) is 0 Å². The minimum Gasteiger partial charge on any atom is -0.0844 e. The number of hydrogen-bond acceptors (Lipinski definition) is 0. The summed E-state index contributed by atoms with van der Waals surface area (Å²) in [6, 6.07) is 0. The molecule has 0 spiro atoms. The topological polar surface area (TPSA) is 0 Å². The van der Waals surface area contributed by atoms with Gasteiger partial charge in [-0.3, -0.25) is 0 Å². The Bertz CT molecular complexity index is 406. The van der Waals surface area contributed by atoms with Gasteiger partial charge >= 0.3 is 0 Å². The van der Waals surface area contributed by atoms with E-state index in [0.717, 1.165) is 17.8 Å². The number of rotatable bonds is 0. The molecule has 1 unspecified atom stereocenters. The van der Waals surface area contributed by atoms with Crippen LogP contribution in [0.1, 0.15) is 78.1 Å². The first-order valence-electron chi connectivity index (χ1n) is 8.83. The van der Waals surface area contributed by atoms with Crippen LogP contribution in [0.4, 0.5) is 0 Å². The summed E-state index contributed by atoms with van der Waals surface area (Å²) in [6.07, 6.45) is 17.7. The van der Waals surface area contributed by atoms with Gasteiger partial charge in [0.05, 0.1) is 0 Å². The third-order valence-corrected chi connectivity index (χ3v) is 7.78. The molecule has 0 radical (unpaired) electrons. The fourth-order valence-corrected chi connectivity index (χ4v) is 6.53. The molecule has 0 bridgehead atoms. The predicted octanol–water partition coefficient (Wildman–Crippen LogP) is 5.73. The van der Waals surface area contributed by atoms with Gasteiger partial charge < -0.3 is 0 Å². The second-order valence-electron chi connectivity index (χ2n) is 8.58. The fourth-order valence-electron chi connectivity index (χ4n) is 6.53. The third-order valence-electron chi connectivity index (χ3n) is 7.78. The zero-order chi connectivity index (χ0) is 13.1. The van der Waals surface area contributed by atoms with Gasteiger partial charge in [0.2, 0.25) is 0 Å². The van der Waals surface area contributed by atoms with Crippen LogP contribution < -0.4 is 0 Å². The summed E-state index contributed by atoms with van der Waals surface area (Å²) in [7, 11) is 0. The first-order chi connectivity index (χ1) is 9.13. The first kappa shape index (κ1) is 12.5. The molecule has 0 amide bonds. The summed E-state index contributed by atoms with van der Waals surface area (Å²) in [5.41, 5.74) is 3.29. The molecule has 0 heteroatoms. The van der Waals surface area contributed by atoms with Crippen molar-refractivity contribution in [2.75, 3.05) is 0 Å². The SMILES string of the molecule is C[C@@]12CCC[C@H]1C1=CCC3CCCC[C@]3(C)[C@H]1CC2. The highest BCUT2D eigenvalue weighted by Crippen LogP contribution is 2.64. The van der Waals surface area contributed by atoms with Crippen molar-refractivity contribution in [3.63, 3.8) is 0 Å². The highest BCUT2D eigenvalue weighted by atomic mass is 14.6. The molecular weight excluding hydrogens is 228 g/mol.